The van der Waals surface area contributed by atoms with E-state index in [1.54, 1.807) is 4.31 Å². The van der Waals surface area contributed by atoms with Gasteiger partial charge in [-0.2, -0.15) is 17.0 Å². The molecule has 0 amide bonds. The van der Waals surface area contributed by atoms with E-state index in [-0.39, 0.29) is 12.6 Å². The van der Waals surface area contributed by atoms with E-state index >= 15 is 0 Å². The third-order valence-electron chi connectivity index (χ3n) is 3.72. The minimum absolute atomic E-state index is 0.0624. The second-order valence-electron chi connectivity index (χ2n) is 4.91. The second kappa shape index (κ2) is 5.65. The summed E-state index contributed by atoms with van der Waals surface area (Å²) in [7, 11) is -3.34. The predicted molar refractivity (Wildman–Crippen MR) is 65.8 cm³/mol. The van der Waals surface area contributed by atoms with Crippen LogP contribution in [0.25, 0.3) is 0 Å². The molecule has 2 aliphatic rings. The van der Waals surface area contributed by atoms with Crippen molar-refractivity contribution in [2.75, 3.05) is 26.2 Å². The maximum Gasteiger partial charge on any atom is 0.282 e. The molecule has 0 aliphatic carbocycles. The molecule has 0 saturated carbocycles. The third-order valence-corrected chi connectivity index (χ3v) is 5.81. The van der Waals surface area contributed by atoms with Gasteiger partial charge in [0.05, 0.1) is 6.61 Å². The van der Waals surface area contributed by atoms with Crippen molar-refractivity contribution < 1.29 is 13.5 Å². The van der Waals surface area contributed by atoms with Gasteiger partial charge in [0.15, 0.2) is 0 Å². The van der Waals surface area contributed by atoms with Crippen molar-refractivity contribution in [2.45, 2.75) is 44.6 Å². The Balaban J connectivity index is 2.11. The Morgan fingerprint density at radius 2 is 1.65 bits per heavy atom. The molecule has 6 heteroatoms. The third kappa shape index (κ3) is 2.81. The van der Waals surface area contributed by atoms with E-state index in [9.17, 15) is 13.5 Å². The lowest BCUT2D eigenvalue weighted by Gasteiger charge is -2.38. The molecule has 2 rings (SSSR count). The standard InChI is InChI=1S/C11H22N2O3S/c14-10-11-6-2-5-9-13(11)17(15,16)12-7-3-1-4-8-12/h11,14H,1-10H2. The van der Waals surface area contributed by atoms with Crippen molar-refractivity contribution in [3.63, 3.8) is 0 Å². The van der Waals surface area contributed by atoms with E-state index in [1.165, 1.54) is 4.31 Å². The van der Waals surface area contributed by atoms with Crippen LogP contribution in [0.15, 0.2) is 0 Å². The molecule has 17 heavy (non-hydrogen) atoms. The molecule has 2 aliphatic heterocycles. The van der Waals surface area contributed by atoms with Crippen molar-refractivity contribution in [1.29, 1.82) is 0 Å². The Kier molecular flexibility index (Phi) is 4.41. The largest absolute Gasteiger partial charge is 0.395 e. The highest BCUT2D eigenvalue weighted by Gasteiger charge is 2.36. The second-order valence-corrected chi connectivity index (χ2v) is 6.79. The van der Waals surface area contributed by atoms with Crippen LogP contribution in [0.5, 0.6) is 0 Å². The molecule has 2 saturated heterocycles. The van der Waals surface area contributed by atoms with E-state index in [0.29, 0.717) is 19.6 Å². The van der Waals surface area contributed by atoms with Gasteiger partial charge in [-0.05, 0) is 25.7 Å². The van der Waals surface area contributed by atoms with Crippen LogP contribution >= 0.6 is 0 Å². The maximum absolute atomic E-state index is 12.5. The van der Waals surface area contributed by atoms with Crippen LogP contribution in [0.1, 0.15) is 38.5 Å². The van der Waals surface area contributed by atoms with Crippen molar-refractivity contribution in [3.05, 3.63) is 0 Å². The molecular weight excluding hydrogens is 240 g/mol. The van der Waals surface area contributed by atoms with E-state index in [2.05, 4.69) is 0 Å². The summed E-state index contributed by atoms with van der Waals surface area (Å²) >= 11 is 0. The zero-order valence-corrected chi connectivity index (χ0v) is 11.0. The van der Waals surface area contributed by atoms with Crippen LogP contribution < -0.4 is 0 Å². The van der Waals surface area contributed by atoms with Gasteiger partial charge >= 0.3 is 0 Å². The van der Waals surface area contributed by atoms with Gasteiger partial charge in [-0.25, -0.2) is 0 Å². The number of piperidine rings is 2. The van der Waals surface area contributed by atoms with Gasteiger partial charge in [0.25, 0.3) is 10.2 Å². The normalized spacial score (nSPS) is 29.4. The SMILES string of the molecule is O=S(=O)(N1CCCCC1)N1CCCCC1CO. The van der Waals surface area contributed by atoms with Gasteiger partial charge in [-0.1, -0.05) is 12.8 Å². The fourth-order valence-electron chi connectivity index (χ4n) is 2.70. The fraction of sp³-hybridized carbons (Fsp3) is 1.00. The van der Waals surface area contributed by atoms with Crippen molar-refractivity contribution in [3.8, 4) is 0 Å². The molecule has 2 fully saturated rings. The lowest BCUT2D eigenvalue weighted by molar-refractivity contribution is 0.146. The zero-order valence-electron chi connectivity index (χ0n) is 10.2. The topological polar surface area (TPSA) is 60.9 Å². The molecule has 1 unspecified atom stereocenters. The molecule has 1 N–H and O–H groups in total. The molecular formula is C11H22N2O3S. The lowest BCUT2D eigenvalue weighted by Crippen LogP contribution is -2.52. The fourth-order valence-corrected chi connectivity index (χ4v) is 4.63. The van der Waals surface area contributed by atoms with Crippen molar-refractivity contribution in [2.24, 2.45) is 0 Å². The molecule has 2 heterocycles. The number of aliphatic hydroxyl groups excluding tert-OH is 1. The monoisotopic (exact) mass is 262 g/mol. The highest BCUT2D eigenvalue weighted by atomic mass is 32.2. The maximum atomic E-state index is 12.5. The average molecular weight is 262 g/mol. The first kappa shape index (κ1) is 13.3. The molecule has 0 aromatic heterocycles. The Labute approximate surface area is 104 Å². The number of hydrogen-bond donors (Lipinski definition) is 1. The Morgan fingerprint density at radius 1 is 1.00 bits per heavy atom. The molecule has 100 valence electrons. The van der Waals surface area contributed by atoms with Crippen LogP contribution in [0.3, 0.4) is 0 Å². The number of hydrogen-bond acceptors (Lipinski definition) is 3. The van der Waals surface area contributed by atoms with Gasteiger partial charge in [0, 0.05) is 25.7 Å². The molecule has 0 bridgehead atoms. The molecule has 0 aromatic carbocycles. The Morgan fingerprint density at radius 3 is 2.29 bits per heavy atom. The Bertz CT molecular complexity index is 339. The first-order valence-corrected chi connectivity index (χ1v) is 7.94. The molecule has 5 nitrogen and oxygen atoms in total. The van der Waals surface area contributed by atoms with Crippen LogP contribution in [0.2, 0.25) is 0 Å². The predicted octanol–water partition coefficient (Wildman–Crippen LogP) is 0.564. The zero-order chi connectivity index (χ0) is 12.3. The van der Waals surface area contributed by atoms with Crippen LogP contribution in [0, 0.1) is 0 Å². The van der Waals surface area contributed by atoms with Gasteiger partial charge in [0.2, 0.25) is 0 Å². The van der Waals surface area contributed by atoms with Crippen LogP contribution in [-0.2, 0) is 10.2 Å². The van der Waals surface area contributed by atoms with Crippen LogP contribution in [-0.4, -0.2) is 54.4 Å². The highest BCUT2D eigenvalue weighted by molar-refractivity contribution is 7.86. The molecule has 1 atom stereocenters. The number of rotatable bonds is 3. The summed E-state index contributed by atoms with van der Waals surface area (Å²) in [6, 6.07) is -0.212. The quantitative estimate of drug-likeness (QED) is 0.808. The van der Waals surface area contributed by atoms with Gasteiger partial charge in [-0.3, -0.25) is 0 Å². The summed E-state index contributed by atoms with van der Waals surface area (Å²) in [5, 5.41) is 9.30. The van der Waals surface area contributed by atoms with Crippen molar-refractivity contribution in [1.82, 2.24) is 8.61 Å². The Hall–Kier alpha value is -0.170. The van der Waals surface area contributed by atoms with Gasteiger partial charge in [-0.15, -0.1) is 0 Å². The van der Waals surface area contributed by atoms with Crippen LogP contribution in [0.4, 0.5) is 0 Å². The average Bonchev–Trinajstić information content (AvgIpc) is 2.39. The van der Waals surface area contributed by atoms with E-state index in [1.807, 2.05) is 0 Å². The summed E-state index contributed by atoms with van der Waals surface area (Å²) in [6.07, 6.45) is 5.73. The highest BCUT2D eigenvalue weighted by Crippen LogP contribution is 2.24. The lowest BCUT2D eigenvalue weighted by atomic mass is 10.1. The number of nitrogens with zero attached hydrogens (tertiary/aromatic N) is 2. The van der Waals surface area contributed by atoms with Gasteiger partial charge in [0.1, 0.15) is 0 Å². The minimum atomic E-state index is -3.34. The summed E-state index contributed by atoms with van der Waals surface area (Å²) in [4.78, 5) is 0. The van der Waals surface area contributed by atoms with E-state index < -0.39 is 10.2 Å². The first-order chi connectivity index (χ1) is 8.16. The molecule has 0 spiro atoms. The van der Waals surface area contributed by atoms with E-state index in [4.69, 9.17) is 0 Å². The minimum Gasteiger partial charge on any atom is -0.395 e. The summed E-state index contributed by atoms with van der Waals surface area (Å²) in [6.45, 7) is 1.77. The summed E-state index contributed by atoms with van der Waals surface area (Å²) in [5.74, 6) is 0. The summed E-state index contributed by atoms with van der Waals surface area (Å²) in [5.41, 5.74) is 0. The van der Waals surface area contributed by atoms with Crippen molar-refractivity contribution >= 4 is 10.2 Å². The molecule has 0 radical (unpaired) electrons. The summed E-state index contributed by atoms with van der Waals surface area (Å²) < 4.78 is 28.0. The smallest absolute Gasteiger partial charge is 0.282 e. The number of aliphatic hydroxyl groups is 1. The molecule has 0 aromatic rings. The first-order valence-electron chi connectivity index (χ1n) is 6.54. The van der Waals surface area contributed by atoms with E-state index in [0.717, 1.165) is 38.5 Å². The van der Waals surface area contributed by atoms with Gasteiger partial charge < -0.3 is 5.11 Å².